The number of alkyl halides is 3. The highest BCUT2D eigenvalue weighted by molar-refractivity contribution is 7.97. The molecule has 4 aromatic carbocycles. The molecule has 0 spiro atoms. The third-order valence-electron chi connectivity index (χ3n) is 4.95. The van der Waals surface area contributed by atoms with E-state index in [0.717, 1.165) is 5.75 Å². The summed E-state index contributed by atoms with van der Waals surface area (Å²) in [6.45, 7) is 6.21. The summed E-state index contributed by atoms with van der Waals surface area (Å²) in [6.07, 6.45) is 0. The predicted molar refractivity (Wildman–Crippen MR) is 145 cm³/mol. The molecule has 0 atom stereocenters. The lowest BCUT2D eigenvalue weighted by atomic mass is 10.1. The maximum Gasteiger partial charge on any atom is 0.522 e. The largest absolute Gasteiger partial charge is 0.522 e. The summed E-state index contributed by atoms with van der Waals surface area (Å²) in [5, 5.41) is 0. The fraction of sp³-hybridized carbons (Fsp3) is 0.172. The Morgan fingerprint density at radius 2 is 1.11 bits per heavy atom. The quantitative estimate of drug-likeness (QED) is 0.152. The van der Waals surface area contributed by atoms with E-state index in [4.69, 9.17) is 17.7 Å². The molecule has 38 heavy (non-hydrogen) atoms. The first kappa shape index (κ1) is 29.3. The zero-order valence-corrected chi connectivity index (χ0v) is 22.6. The third-order valence-corrected chi connectivity index (χ3v) is 7.81. The molecule has 1 N–H and O–H groups in total. The fourth-order valence-electron chi connectivity index (χ4n) is 3.44. The average Bonchev–Trinajstić information content (AvgIpc) is 2.85. The molecule has 9 heteroatoms. The Bertz CT molecular complexity index is 1380. The van der Waals surface area contributed by atoms with Crippen molar-refractivity contribution in [3.63, 3.8) is 0 Å². The monoisotopic (exact) mass is 561 g/mol. The Morgan fingerprint density at radius 3 is 1.53 bits per heavy atom. The van der Waals surface area contributed by atoms with Crippen LogP contribution in [0.15, 0.2) is 124 Å². The van der Waals surface area contributed by atoms with E-state index in [1.165, 1.54) is 25.8 Å². The molecule has 4 rings (SSSR count). The zero-order valence-electron chi connectivity index (χ0n) is 21.0. The summed E-state index contributed by atoms with van der Waals surface area (Å²) in [6, 6.07) is 38.8. The molecule has 0 radical (unpaired) electrons. The van der Waals surface area contributed by atoms with Gasteiger partial charge in [-0.2, -0.15) is 21.6 Å². The Kier molecular flexibility index (Phi) is 9.30. The molecule has 0 unspecified atom stereocenters. The van der Waals surface area contributed by atoms with E-state index in [1.54, 1.807) is 0 Å². The van der Waals surface area contributed by atoms with E-state index in [2.05, 4.69) is 130 Å². The van der Waals surface area contributed by atoms with Crippen molar-refractivity contribution in [2.24, 2.45) is 0 Å². The molecule has 0 aliphatic heterocycles. The number of hydrogen-bond donors (Lipinski definition) is 1. The van der Waals surface area contributed by atoms with Gasteiger partial charge in [-0.1, -0.05) is 60.7 Å². The predicted octanol–water partition coefficient (Wildman–Crippen LogP) is 8.02. The van der Waals surface area contributed by atoms with Crippen LogP contribution in [-0.4, -0.2) is 24.1 Å². The minimum absolute atomic E-state index is 0.179. The van der Waals surface area contributed by atoms with Crippen LogP contribution < -0.4 is 4.74 Å². The van der Waals surface area contributed by atoms with Gasteiger partial charge in [-0.3, -0.25) is 4.55 Å². The van der Waals surface area contributed by atoms with Gasteiger partial charge >= 0.3 is 15.6 Å². The Labute approximate surface area is 224 Å². The van der Waals surface area contributed by atoms with Crippen LogP contribution in [0.2, 0.25) is 0 Å². The Hall–Kier alpha value is -3.27. The summed E-state index contributed by atoms with van der Waals surface area (Å²) < 4.78 is 63.6. The van der Waals surface area contributed by atoms with Gasteiger partial charge in [0.15, 0.2) is 14.7 Å². The Morgan fingerprint density at radius 1 is 0.684 bits per heavy atom. The van der Waals surface area contributed by atoms with Crippen LogP contribution in [0.25, 0.3) is 11.1 Å². The lowest BCUT2D eigenvalue weighted by Crippen LogP contribution is -2.22. The number of ether oxygens (including phenoxy) is 1. The van der Waals surface area contributed by atoms with Gasteiger partial charge in [-0.15, -0.1) is 0 Å². The lowest BCUT2D eigenvalue weighted by molar-refractivity contribution is -0.0510. The summed E-state index contributed by atoms with van der Waals surface area (Å²) in [7, 11) is -6.02. The second kappa shape index (κ2) is 12.1. The highest BCUT2D eigenvalue weighted by Gasteiger charge is 2.44. The summed E-state index contributed by atoms with van der Waals surface area (Å²) in [4.78, 5) is 3.98. The van der Waals surface area contributed by atoms with E-state index in [1.807, 2.05) is 0 Å². The molecule has 0 amide bonds. The molecule has 0 fully saturated rings. The van der Waals surface area contributed by atoms with Gasteiger partial charge in [0.05, 0.1) is 10.9 Å². The van der Waals surface area contributed by atoms with Gasteiger partial charge in [-0.05, 0) is 74.9 Å². The number of rotatable bonds is 5. The lowest BCUT2D eigenvalue weighted by Gasteiger charge is -2.21. The van der Waals surface area contributed by atoms with Gasteiger partial charge in [0, 0.05) is 5.56 Å². The number of hydrogen-bond acceptors (Lipinski definition) is 3. The average molecular weight is 562 g/mol. The van der Waals surface area contributed by atoms with Gasteiger partial charge in [-0.25, -0.2) is 0 Å². The minimum Gasteiger partial charge on any atom is -0.488 e. The first-order valence-corrected chi connectivity index (χ1v) is 14.2. The van der Waals surface area contributed by atoms with E-state index in [-0.39, 0.29) is 16.5 Å². The third kappa shape index (κ3) is 8.11. The second-order valence-electron chi connectivity index (χ2n) is 9.09. The van der Waals surface area contributed by atoms with Gasteiger partial charge in [0.25, 0.3) is 0 Å². The summed E-state index contributed by atoms with van der Waals surface area (Å²) in [5.41, 5.74) is -3.27. The SMILES string of the molecule is CC(C)(C)Oc1ccc(-c2ccccc2[S+](c2ccccc2)c2ccccc2)cc1.O=S(=O)(O)C(F)(F)F. The number of benzene rings is 4. The molecular weight excluding hydrogens is 533 g/mol. The Balaban J connectivity index is 0.000000436. The van der Waals surface area contributed by atoms with E-state index in [0.29, 0.717) is 0 Å². The van der Waals surface area contributed by atoms with Crippen molar-refractivity contribution in [1.29, 1.82) is 0 Å². The van der Waals surface area contributed by atoms with Crippen LogP contribution in [0.5, 0.6) is 5.75 Å². The molecule has 4 nitrogen and oxygen atoms in total. The van der Waals surface area contributed by atoms with Crippen molar-refractivity contribution < 1.29 is 30.9 Å². The molecular formula is C29H28F3O4S2+. The highest BCUT2D eigenvalue weighted by Crippen LogP contribution is 2.37. The number of halogens is 3. The van der Waals surface area contributed by atoms with Crippen LogP contribution in [0.1, 0.15) is 20.8 Å². The fourth-order valence-corrected chi connectivity index (χ4v) is 5.70. The normalized spacial score (nSPS) is 12.0. The van der Waals surface area contributed by atoms with E-state index >= 15 is 0 Å². The van der Waals surface area contributed by atoms with Gasteiger partial charge in [0.2, 0.25) is 0 Å². The van der Waals surface area contributed by atoms with Crippen LogP contribution in [-0.2, 0) is 21.0 Å². The highest BCUT2D eigenvalue weighted by atomic mass is 32.2. The molecule has 0 saturated heterocycles. The summed E-state index contributed by atoms with van der Waals surface area (Å²) >= 11 is 0. The zero-order chi connectivity index (χ0) is 28.0. The van der Waals surface area contributed by atoms with E-state index in [9.17, 15) is 13.2 Å². The molecule has 0 saturated carbocycles. The molecule has 0 aliphatic rings. The molecule has 0 aromatic heterocycles. The van der Waals surface area contributed by atoms with Crippen LogP contribution in [0.4, 0.5) is 13.2 Å². The minimum atomic E-state index is -5.84. The van der Waals surface area contributed by atoms with Crippen LogP contribution in [0, 0.1) is 0 Å². The van der Waals surface area contributed by atoms with Crippen molar-refractivity contribution >= 4 is 21.0 Å². The van der Waals surface area contributed by atoms with Crippen molar-refractivity contribution in [2.45, 2.75) is 46.6 Å². The smallest absolute Gasteiger partial charge is 0.488 e. The van der Waals surface area contributed by atoms with Crippen LogP contribution in [0.3, 0.4) is 0 Å². The van der Waals surface area contributed by atoms with Crippen LogP contribution >= 0.6 is 0 Å². The van der Waals surface area contributed by atoms with Crippen molar-refractivity contribution in [2.75, 3.05) is 0 Å². The maximum atomic E-state index is 10.7. The van der Waals surface area contributed by atoms with Crippen molar-refractivity contribution in [3.05, 3.63) is 109 Å². The van der Waals surface area contributed by atoms with Gasteiger partial charge in [0.1, 0.15) is 11.4 Å². The van der Waals surface area contributed by atoms with E-state index < -0.39 is 15.6 Å². The van der Waals surface area contributed by atoms with Gasteiger partial charge < -0.3 is 4.74 Å². The maximum absolute atomic E-state index is 10.7. The first-order valence-electron chi connectivity index (χ1n) is 11.5. The first-order chi connectivity index (χ1) is 17.8. The molecule has 200 valence electrons. The molecule has 0 heterocycles. The molecule has 4 aromatic rings. The van der Waals surface area contributed by atoms with Crippen molar-refractivity contribution in [1.82, 2.24) is 0 Å². The van der Waals surface area contributed by atoms with Crippen molar-refractivity contribution in [3.8, 4) is 16.9 Å². The second-order valence-corrected chi connectivity index (χ2v) is 12.5. The molecule has 0 bridgehead atoms. The standard InChI is InChI=1S/C28H27OS.CHF3O3S/c1-28(2,3)29-23-20-18-22(19-21-23)26-16-10-11-17-27(26)30(24-12-6-4-7-13-24)25-14-8-5-9-15-25;2-1(3,4)8(5,6)7/h4-21H,1-3H3;(H,5,6,7)/q+1;. The topological polar surface area (TPSA) is 63.6 Å². The molecule has 0 aliphatic carbocycles. The summed E-state index contributed by atoms with van der Waals surface area (Å²) in [5.74, 6) is 0.897.